The van der Waals surface area contributed by atoms with Crippen molar-refractivity contribution < 1.29 is 4.74 Å². The molecule has 1 aliphatic heterocycles. The van der Waals surface area contributed by atoms with E-state index >= 15 is 0 Å². The predicted octanol–water partition coefficient (Wildman–Crippen LogP) is 2.38. The highest BCUT2D eigenvalue weighted by Gasteiger charge is 2.22. The van der Waals surface area contributed by atoms with Gasteiger partial charge >= 0.3 is 0 Å². The first kappa shape index (κ1) is 12.5. The molecule has 0 N–H and O–H groups in total. The number of hydrazone groups is 1. The molecule has 0 saturated carbocycles. The third-order valence-corrected chi connectivity index (χ3v) is 3.21. The van der Waals surface area contributed by atoms with Crippen LogP contribution in [0.25, 0.3) is 0 Å². The van der Waals surface area contributed by atoms with Crippen molar-refractivity contribution in [3.8, 4) is 0 Å². The van der Waals surface area contributed by atoms with E-state index in [1.807, 2.05) is 0 Å². The molecule has 0 aliphatic carbocycles. The average molecular weight is 212 g/mol. The number of hydrogen-bond donors (Lipinski definition) is 0. The van der Waals surface area contributed by atoms with E-state index in [4.69, 9.17) is 4.74 Å². The second-order valence-corrected chi connectivity index (χ2v) is 4.78. The zero-order valence-electron chi connectivity index (χ0n) is 10.4. The van der Waals surface area contributed by atoms with Crippen LogP contribution in [0.3, 0.4) is 0 Å². The summed E-state index contributed by atoms with van der Waals surface area (Å²) in [6, 6.07) is 0.491. The molecule has 3 heteroatoms. The summed E-state index contributed by atoms with van der Waals surface area (Å²) in [5.74, 6) is 1.21. The van der Waals surface area contributed by atoms with Gasteiger partial charge in [-0.25, -0.2) is 0 Å². The van der Waals surface area contributed by atoms with Crippen molar-refractivity contribution in [2.24, 2.45) is 16.9 Å². The van der Waals surface area contributed by atoms with Gasteiger partial charge in [-0.2, -0.15) is 5.10 Å². The minimum atomic E-state index is 0.491. The van der Waals surface area contributed by atoms with Gasteiger partial charge in [-0.1, -0.05) is 20.8 Å². The lowest BCUT2D eigenvalue weighted by molar-refractivity contribution is 0.118. The molecule has 0 radical (unpaired) electrons. The number of nitrogens with zero attached hydrogens (tertiary/aromatic N) is 2. The third kappa shape index (κ3) is 3.82. The first-order valence-corrected chi connectivity index (χ1v) is 5.94. The van der Waals surface area contributed by atoms with Gasteiger partial charge in [0.2, 0.25) is 0 Å². The van der Waals surface area contributed by atoms with Crippen LogP contribution in [0.15, 0.2) is 5.10 Å². The van der Waals surface area contributed by atoms with Crippen molar-refractivity contribution in [2.75, 3.05) is 20.3 Å². The molecule has 1 rings (SSSR count). The van der Waals surface area contributed by atoms with Gasteiger partial charge in [-0.15, -0.1) is 0 Å². The molecule has 0 aromatic rings. The largest absolute Gasteiger partial charge is 0.382 e. The molecule has 1 saturated heterocycles. The molecule has 0 bridgehead atoms. The van der Waals surface area contributed by atoms with Crippen molar-refractivity contribution in [1.29, 1.82) is 0 Å². The van der Waals surface area contributed by atoms with Crippen LogP contribution in [0.5, 0.6) is 0 Å². The van der Waals surface area contributed by atoms with Crippen molar-refractivity contribution in [2.45, 2.75) is 39.7 Å². The highest BCUT2D eigenvalue weighted by atomic mass is 16.5. The van der Waals surface area contributed by atoms with Crippen LogP contribution >= 0.6 is 0 Å². The van der Waals surface area contributed by atoms with Gasteiger partial charge < -0.3 is 4.74 Å². The Balaban J connectivity index is 2.42. The van der Waals surface area contributed by atoms with Crippen LogP contribution in [-0.4, -0.2) is 37.5 Å². The monoisotopic (exact) mass is 212 g/mol. The maximum absolute atomic E-state index is 5.19. The Hall–Kier alpha value is -0.570. The number of methoxy groups -OCH3 is 1. The van der Waals surface area contributed by atoms with Gasteiger partial charge in [0.15, 0.2) is 0 Å². The fourth-order valence-electron chi connectivity index (χ4n) is 1.70. The van der Waals surface area contributed by atoms with Crippen LogP contribution in [0, 0.1) is 11.8 Å². The van der Waals surface area contributed by atoms with Gasteiger partial charge in [-0.3, -0.25) is 5.01 Å². The highest BCUT2D eigenvalue weighted by Crippen LogP contribution is 2.18. The predicted molar refractivity (Wildman–Crippen MR) is 64.1 cm³/mol. The molecule has 0 amide bonds. The highest BCUT2D eigenvalue weighted by molar-refractivity contribution is 5.60. The normalized spacial score (nSPS) is 24.3. The summed E-state index contributed by atoms with van der Waals surface area (Å²) in [6.45, 7) is 8.55. The smallest absolute Gasteiger partial charge is 0.0704 e. The molecule has 2 atom stereocenters. The Morgan fingerprint density at radius 1 is 1.47 bits per heavy atom. The lowest BCUT2D eigenvalue weighted by atomic mass is 10.00. The van der Waals surface area contributed by atoms with Gasteiger partial charge in [-0.05, 0) is 24.7 Å². The molecule has 0 aromatic heterocycles. The first-order valence-electron chi connectivity index (χ1n) is 5.94. The number of rotatable bonds is 5. The molecule has 1 aliphatic rings. The van der Waals surface area contributed by atoms with Crippen molar-refractivity contribution in [3.63, 3.8) is 0 Å². The van der Waals surface area contributed by atoms with Gasteiger partial charge in [0.1, 0.15) is 0 Å². The summed E-state index contributed by atoms with van der Waals surface area (Å²) >= 11 is 0. The van der Waals surface area contributed by atoms with E-state index in [0.29, 0.717) is 17.9 Å². The van der Waals surface area contributed by atoms with Crippen LogP contribution in [0.1, 0.15) is 33.6 Å². The van der Waals surface area contributed by atoms with E-state index < -0.39 is 0 Å². The SMILES string of the molecule is COC[C@@H]1CCCN1/N=C/[C@H](C)C(C)C. The molecule has 1 fully saturated rings. The standard InChI is InChI=1S/C12H24N2O/c1-10(2)11(3)8-13-14-7-5-6-12(14)9-15-4/h8,10-12H,5-7,9H2,1-4H3/b13-8+/t11-,12-/m0/s1. The van der Waals surface area contributed by atoms with Crippen LogP contribution in [-0.2, 0) is 4.74 Å². The number of ether oxygens (including phenoxy) is 1. The van der Waals surface area contributed by atoms with Crippen LogP contribution < -0.4 is 0 Å². The van der Waals surface area contributed by atoms with E-state index in [1.54, 1.807) is 7.11 Å². The zero-order valence-corrected chi connectivity index (χ0v) is 10.4. The van der Waals surface area contributed by atoms with E-state index in [2.05, 4.69) is 37.1 Å². The summed E-state index contributed by atoms with van der Waals surface area (Å²) in [7, 11) is 1.76. The topological polar surface area (TPSA) is 24.8 Å². The van der Waals surface area contributed by atoms with E-state index in [1.165, 1.54) is 12.8 Å². The maximum Gasteiger partial charge on any atom is 0.0704 e. The fourth-order valence-corrected chi connectivity index (χ4v) is 1.70. The minimum absolute atomic E-state index is 0.491. The summed E-state index contributed by atoms with van der Waals surface area (Å²) in [5, 5.41) is 6.76. The van der Waals surface area contributed by atoms with Gasteiger partial charge in [0, 0.05) is 19.9 Å². The molecule has 88 valence electrons. The minimum Gasteiger partial charge on any atom is -0.382 e. The number of hydrogen-bond acceptors (Lipinski definition) is 3. The van der Waals surface area contributed by atoms with E-state index in [0.717, 1.165) is 13.2 Å². The van der Waals surface area contributed by atoms with Gasteiger partial charge in [0.05, 0.1) is 12.6 Å². The molecule has 1 heterocycles. The fraction of sp³-hybridized carbons (Fsp3) is 0.917. The Labute approximate surface area is 93.5 Å². The van der Waals surface area contributed by atoms with Gasteiger partial charge in [0.25, 0.3) is 0 Å². The molecule has 3 nitrogen and oxygen atoms in total. The van der Waals surface area contributed by atoms with E-state index in [-0.39, 0.29) is 0 Å². The lowest BCUT2D eigenvalue weighted by Gasteiger charge is -2.21. The summed E-state index contributed by atoms with van der Waals surface area (Å²) in [6.07, 6.45) is 4.53. The maximum atomic E-state index is 5.19. The second kappa shape index (κ2) is 6.11. The van der Waals surface area contributed by atoms with Crippen LogP contribution in [0.2, 0.25) is 0 Å². The Morgan fingerprint density at radius 3 is 2.80 bits per heavy atom. The zero-order chi connectivity index (χ0) is 11.3. The Kier molecular flexibility index (Phi) is 5.09. The molecule has 0 aromatic carbocycles. The van der Waals surface area contributed by atoms with E-state index in [9.17, 15) is 0 Å². The quantitative estimate of drug-likeness (QED) is 0.654. The average Bonchev–Trinajstić information content (AvgIpc) is 2.62. The molecule has 15 heavy (non-hydrogen) atoms. The van der Waals surface area contributed by atoms with Crippen molar-refractivity contribution in [1.82, 2.24) is 5.01 Å². The third-order valence-electron chi connectivity index (χ3n) is 3.21. The van der Waals surface area contributed by atoms with Crippen LogP contribution in [0.4, 0.5) is 0 Å². The van der Waals surface area contributed by atoms with Crippen molar-refractivity contribution in [3.05, 3.63) is 0 Å². The molecular formula is C12H24N2O. The summed E-state index contributed by atoms with van der Waals surface area (Å²) in [5.41, 5.74) is 0. The summed E-state index contributed by atoms with van der Waals surface area (Å²) < 4.78 is 5.19. The second-order valence-electron chi connectivity index (χ2n) is 4.78. The first-order chi connectivity index (χ1) is 7.15. The molecule has 0 unspecified atom stereocenters. The molecular weight excluding hydrogens is 188 g/mol. The lowest BCUT2D eigenvalue weighted by Crippen LogP contribution is -2.29. The summed E-state index contributed by atoms with van der Waals surface area (Å²) in [4.78, 5) is 0. The van der Waals surface area contributed by atoms with Crippen molar-refractivity contribution >= 4 is 6.21 Å². The Morgan fingerprint density at radius 2 is 2.20 bits per heavy atom. The molecule has 0 spiro atoms. The Bertz CT molecular complexity index is 204.